The molecule has 0 spiro atoms. The summed E-state index contributed by atoms with van der Waals surface area (Å²) in [5.41, 5.74) is 6.95. The number of nitrogens with two attached hydrogens (primary N) is 1. The lowest BCUT2D eigenvalue weighted by Gasteiger charge is -2.07. The van der Waals surface area contributed by atoms with Crippen molar-refractivity contribution in [1.82, 2.24) is 0 Å². The van der Waals surface area contributed by atoms with E-state index in [1.807, 2.05) is 12.1 Å². The molecule has 0 bridgehead atoms. The number of phenols is 1. The van der Waals surface area contributed by atoms with Crippen LogP contribution in [0.2, 0.25) is 0 Å². The Balaban J connectivity index is 2.58. The normalized spacial score (nSPS) is 12.8. The Kier molecular flexibility index (Phi) is 3.81. The first-order valence-corrected chi connectivity index (χ1v) is 5.34. The third-order valence-electron chi connectivity index (χ3n) is 1.63. The van der Waals surface area contributed by atoms with Gasteiger partial charge in [-0.05, 0) is 24.1 Å². The zero-order valence-corrected chi connectivity index (χ0v) is 8.86. The molecule has 0 amide bonds. The van der Waals surface area contributed by atoms with E-state index in [0.717, 1.165) is 10.8 Å². The van der Waals surface area contributed by atoms with Gasteiger partial charge in [0.25, 0.3) is 0 Å². The molecule has 0 aliphatic heterocycles. The molecule has 66 valence electrons. The van der Waals surface area contributed by atoms with Crippen LogP contribution in [0.5, 0.6) is 5.75 Å². The van der Waals surface area contributed by atoms with Crippen LogP contribution in [0.3, 0.4) is 0 Å². The molecular formula is C9H12INO. The van der Waals surface area contributed by atoms with Crippen molar-refractivity contribution < 1.29 is 5.11 Å². The molecule has 3 heteroatoms. The van der Waals surface area contributed by atoms with Gasteiger partial charge in [0, 0.05) is 10.5 Å². The second-order valence-electron chi connectivity index (χ2n) is 2.78. The van der Waals surface area contributed by atoms with Crippen LogP contribution in [0.25, 0.3) is 0 Å². The minimum Gasteiger partial charge on any atom is -0.508 e. The number of rotatable bonds is 3. The molecule has 1 aromatic rings. The first kappa shape index (κ1) is 9.80. The maximum atomic E-state index is 9.02. The van der Waals surface area contributed by atoms with Crippen LogP contribution in [-0.4, -0.2) is 15.6 Å². The summed E-state index contributed by atoms with van der Waals surface area (Å²) < 4.78 is 0.957. The lowest BCUT2D eigenvalue weighted by atomic mass is 10.1. The predicted octanol–water partition coefficient (Wildman–Crippen LogP) is 1.70. The van der Waals surface area contributed by atoms with E-state index in [2.05, 4.69) is 22.6 Å². The largest absolute Gasteiger partial charge is 0.508 e. The van der Waals surface area contributed by atoms with Gasteiger partial charge in [-0.15, -0.1) is 0 Å². The van der Waals surface area contributed by atoms with E-state index in [9.17, 15) is 0 Å². The van der Waals surface area contributed by atoms with Gasteiger partial charge in [0.15, 0.2) is 0 Å². The number of benzene rings is 1. The van der Waals surface area contributed by atoms with Gasteiger partial charge >= 0.3 is 0 Å². The highest BCUT2D eigenvalue weighted by Crippen LogP contribution is 2.11. The summed E-state index contributed by atoms with van der Waals surface area (Å²) in [6, 6.07) is 7.41. The average molecular weight is 277 g/mol. The number of aromatic hydroxyl groups is 1. The predicted molar refractivity (Wildman–Crippen MR) is 58.7 cm³/mol. The molecule has 2 nitrogen and oxygen atoms in total. The fraction of sp³-hybridized carbons (Fsp3) is 0.333. The molecule has 12 heavy (non-hydrogen) atoms. The first-order chi connectivity index (χ1) is 5.72. The molecule has 0 fully saturated rings. The van der Waals surface area contributed by atoms with Crippen molar-refractivity contribution in [2.24, 2.45) is 5.73 Å². The van der Waals surface area contributed by atoms with Crippen LogP contribution < -0.4 is 5.73 Å². The monoisotopic (exact) mass is 277 g/mol. The van der Waals surface area contributed by atoms with Crippen molar-refractivity contribution >= 4 is 22.6 Å². The van der Waals surface area contributed by atoms with Gasteiger partial charge in [-0.2, -0.15) is 0 Å². The Morgan fingerprint density at radius 1 is 1.33 bits per heavy atom. The van der Waals surface area contributed by atoms with E-state index >= 15 is 0 Å². The Bertz CT molecular complexity index is 235. The smallest absolute Gasteiger partial charge is 0.115 e. The fourth-order valence-electron chi connectivity index (χ4n) is 0.989. The second-order valence-corrected chi connectivity index (χ2v) is 3.67. The molecular weight excluding hydrogens is 265 g/mol. The lowest BCUT2D eigenvalue weighted by Crippen LogP contribution is -2.23. The molecule has 0 aliphatic rings. The Labute approximate surface area is 85.9 Å². The van der Waals surface area contributed by atoms with Gasteiger partial charge in [0.2, 0.25) is 0 Å². The molecule has 0 saturated heterocycles. The highest BCUT2D eigenvalue weighted by atomic mass is 127. The van der Waals surface area contributed by atoms with Crippen molar-refractivity contribution in [3.05, 3.63) is 29.8 Å². The van der Waals surface area contributed by atoms with Crippen LogP contribution in [-0.2, 0) is 6.42 Å². The molecule has 0 aromatic heterocycles. The third-order valence-corrected chi connectivity index (χ3v) is 2.76. The maximum absolute atomic E-state index is 9.02. The van der Waals surface area contributed by atoms with Crippen LogP contribution in [0.1, 0.15) is 5.56 Å². The third kappa shape index (κ3) is 2.98. The van der Waals surface area contributed by atoms with Gasteiger partial charge in [0.1, 0.15) is 5.75 Å². The standard InChI is InChI=1S/C9H12INO/c10-6-8(11)5-7-1-3-9(12)4-2-7/h1-4,8,12H,5-6,11H2. The van der Waals surface area contributed by atoms with Crippen molar-refractivity contribution in [1.29, 1.82) is 0 Å². The Morgan fingerprint density at radius 3 is 2.42 bits per heavy atom. The highest BCUT2D eigenvalue weighted by molar-refractivity contribution is 14.1. The zero-order valence-electron chi connectivity index (χ0n) is 6.70. The van der Waals surface area contributed by atoms with Crippen molar-refractivity contribution in [3.63, 3.8) is 0 Å². The minimum absolute atomic E-state index is 0.218. The summed E-state index contributed by atoms with van der Waals surface area (Å²) in [5.74, 6) is 0.307. The molecule has 0 radical (unpaired) electrons. The van der Waals surface area contributed by atoms with E-state index in [-0.39, 0.29) is 6.04 Å². The van der Waals surface area contributed by atoms with Gasteiger partial charge in [-0.25, -0.2) is 0 Å². The van der Waals surface area contributed by atoms with Crippen molar-refractivity contribution in [2.45, 2.75) is 12.5 Å². The van der Waals surface area contributed by atoms with Gasteiger partial charge < -0.3 is 10.8 Å². The van der Waals surface area contributed by atoms with Gasteiger partial charge in [-0.3, -0.25) is 0 Å². The summed E-state index contributed by atoms with van der Waals surface area (Å²) in [7, 11) is 0. The van der Waals surface area contributed by atoms with E-state index in [0.29, 0.717) is 5.75 Å². The average Bonchev–Trinajstić information content (AvgIpc) is 2.09. The molecule has 1 atom stereocenters. The summed E-state index contributed by atoms with van der Waals surface area (Å²) in [5, 5.41) is 9.02. The van der Waals surface area contributed by atoms with Crippen molar-refractivity contribution in [3.8, 4) is 5.75 Å². The zero-order chi connectivity index (χ0) is 8.97. The van der Waals surface area contributed by atoms with E-state index in [1.165, 1.54) is 5.56 Å². The maximum Gasteiger partial charge on any atom is 0.115 e. The first-order valence-electron chi connectivity index (χ1n) is 3.82. The topological polar surface area (TPSA) is 46.2 Å². The number of halogens is 1. The quantitative estimate of drug-likeness (QED) is 0.652. The summed E-state index contributed by atoms with van der Waals surface area (Å²) in [4.78, 5) is 0. The molecule has 1 rings (SSSR count). The van der Waals surface area contributed by atoms with Crippen LogP contribution >= 0.6 is 22.6 Å². The molecule has 0 heterocycles. The van der Waals surface area contributed by atoms with Crippen molar-refractivity contribution in [2.75, 3.05) is 4.43 Å². The summed E-state index contributed by atoms with van der Waals surface area (Å²) >= 11 is 2.27. The summed E-state index contributed by atoms with van der Waals surface area (Å²) in [6.45, 7) is 0. The van der Waals surface area contributed by atoms with Crippen LogP contribution in [0.15, 0.2) is 24.3 Å². The summed E-state index contributed by atoms with van der Waals surface area (Å²) in [6.07, 6.45) is 0.878. The molecule has 1 aromatic carbocycles. The number of hydrogen-bond acceptors (Lipinski definition) is 2. The van der Waals surface area contributed by atoms with E-state index in [1.54, 1.807) is 12.1 Å². The number of alkyl halides is 1. The number of phenolic OH excluding ortho intramolecular Hbond substituents is 1. The van der Waals surface area contributed by atoms with E-state index < -0.39 is 0 Å². The second kappa shape index (κ2) is 4.67. The minimum atomic E-state index is 0.218. The molecule has 0 saturated carbocycles. The highest BCUT2D eigenvalue weighted by Gasteiger charge is 2.01. The van der Waals surface area contributed by atoms with Gasteiger partial charge in [-0.1, -0.05) is 34.7 Å². The number of hydrogen-bond donors (Lipinski definition) is 2. The van der Waals surface area contributed by atoms with Crippen LogP contribution in [0, 0.1) is 0 Å². The molecule has 1 unspecified atom stereocenters. The Morgan fingerprint density at radius 2 is 1.92 bits per heavy atom. The lowest BCUT2D eigenvalue weighted by molar-refractivity contribution is 0.475. The fourth-order valence-corrected chi connectivity index (χ4v) is 1.30. The van der Waals surface area contributed by atoms with Gasteiger partial charge in [0.05, 0.1) is 0 Å². The van der Waals surface area contributed by atoms with Crippen LogP contribution in [0.4, 0.5) is 0 Å². The Hall–Kier alpha value is -0.290. The molecule has 0 aliphatic carbocycles. The molecule has 3 N–H and O–H groups in total. The SMILES string of the molecule is NC(CI)Cc1ccc(O)cc1. The van der Waals surface area contributed by atoms with E-state index in [4.69, 9.17) is 10.8 Å².